The van der Waals surface area contributed by atoms with Crippen LogP contribution in [0, 0.1) is 18.2 Å². The summed E-state index contributed by atoms with van der Waals surface area (Å²) in [5.41, 5.74) is 1.94. The van der Waals surface area contributed by atoms with E-state index in [0.29, 0.717) is 6.04 Å². The van der Waals surface area contributed by atoms with E-state index >= 15 is 0 Å². The molecule has 0 bridgehead atoms. The monoisotopic (exact) mass is 253 g/mol. The molecule has 1 aliphatic rings. The topological polar surface area (TPSA) is 12.0 Å². The molecular weight excluding hydrogens is 233 g/mol. The standard InChI is InChI=1S/C14H20FNS/c1-10-11(15)5-4-6-12(10)16-13-9-17-8-7-14(13,2)3/h4-6,13,16H,7-9H2,1-3H3. The average molecular weight is 253 g/mol. The molecule has 1 aliphatic heterocycles. The summed E-state index contributed by atoms with van der Waals surface area (Å²) >= 11 is 1.98. The zero-order chi connectivity index (χ0) is 12.5. The number of nitrogens with one attached hydrogen (secondary N) is 1. The lowest BCUT2D eigenvalue weighted by atomic mass is 9.82. The summed E-state index contributed by atoms with van der Waals surface area (Å²) in [6.07, 6.45) is 1.21. The number of halogens is 1. The van der Waals surface area contributed by atoms with Gasteiger partial charge in [-0.3, -0.25) is 0 Å². The third-order valence-corrected chi connectivity index (χ3v) is 4.78. The molecule has 1 nitrogen and oxygen atoms in total. The highest BCUT2D eigenvalue weighted by molar-refractivity contribution is 7.99. The molecule has 0 aromatic heterocycles. The van der Waals surface area contributed by atoms with Crippen LogP contribution in [0.4, 0.5) is 10.1 Å². The quantitative estimate of drug-likeness (QED) is 0.852. The van der Waals surface area contributed by atoms with Gasteiger partial charge in [-0.15, -0.1) is 0 Å². The number of hydrogen-bond acceptors (Lipinski definition) is 2. The molecule has 1 aromatic carbocycles. The average Bonchev–Trinajstić information content (AvgIpc) is 2.27. The molecule has 1 fully saturated rings. The Morgan fingerprint density at radius 2 is 2.18 bits per heavy atom. The van der Waals surface area contributed by atoms with Crippen LogP contribution in [-0.4, -0.2) is 17.5 Å². The Balaban J connectivity index is 2.17. The molecule has 1 heterocycles. The zero-order valence-electron chi connectivity index (χ0n) is 10.7. The summed E-state index contributed by atoms with van der Waals surface area (Å²) in [4.78, 5) is 0. The highest BCUT2D eigenvalue weighted by Crippen LogP contribution is 2.36. The Hall–Kier alpha value is -0.700. The molecule has 0 amide bonds. The van der Waals surface area contributed by atoms with Crippen LogP contribution in [-0.2, 0) is 0 Å². The highest BCUT2D eigenvalue weighted by Gasteiger charge is 2.32. The maximum Gasteiger partial charge on any atom is 0.128 e. The molecule has 17 heavy (non-hydrogen) atoms. The number of benzene rings is 1. The summed E-state index contributed by atoms with van der Waals surface area (Å²) < 4.78 is 13.5. The zero-order valence-corrected chi connectivity index (χ0v) is 11.5. The fourth-order valence-electron chi connectivity index (χ4n) is 2.12. The molecule has 1 aromatic rings. The first-order valence-electron chi connectivity index (χ1n) is 6.10. The second-order valence-electron chi connectivity index (χ2n) is 5.42. The second-order valence-corrected chi connectivity index (χ2v) is 6.57. The minimum absolute atomic E-state index is 0.128. The van der Waals surface area contributed by atoms with Crippen LogP contribution >= 0.6 is 11.8 Å². The van der Waals surface area contributed by atoms with Gasteiger partial charge in [-0.1, -0.05) is 19.9 Å². The summed E-state index contributed by atoms with van der Waals surface area (Å²) in [5, 5.41) is 3.52. The largest absolute Gasteiger partial charge is 0.381 e. The van der Waals surface area contributed by atoms with Crippen molar-refractivity contribution in [2.45, 2.75) is 33.2 Å². The Labute approximate surface area is 107 Å². The van der Waals surface area contributed by atoms with Gasteiger partial charge in [0.15, 0.2) is 0 Å². The fourth-order valence-corrected chi connectivity index (χ4v) is 3.73. The van der Waals surface area contributed by atoms with Crippen LogP contribution in [0.5, 0.6) is 0 Å². The van der Waals surface area contributed by atoms with E-state index in [4.69, 9.17) is 0 Å². The van der Waals surface area contributed by atoms with Crippen LogP contribution in [0.3, 0.4) is 0 Å². The SMILES string of the molecule is Cc1c(F)cccc1NC1CSCCC1(C)C. The Kier molecular flexibility index (Phi) is 3.67. The van der Waals surface area contributed by atoms with Crippen molar-refractivity contribution in [3.05, 3.63) is 29.6 Å². The summed E-state index contributed by atoms with van der Waals surface area (Å²) in [6.45, 7) is 6.42. The molecule has 0 radical (unpaired) electrons. The first kappa shape index (κ1) is 12.7. The lowest BCUT2D eigenvalue weighted by Gasteiger charge is -2.39. The molecule has 94 valence electrons. The Morgan fingerprint density at radius 3 is 2.88 bits per heavy atom. The number of thioether (sulfide) groups is 1. The van der Waals surface area contributed by atoms with Gasteiger partial charge in [-0.2, -0.15) is 11.8 Å². The van der Waals surface area contributed by atoms with Crippen molar-refractivity contribution in [3.8, 4) is 0 Å². The second kappa shape index (κ2) is 4.89. The molecule has 2 rings (SSSR count). The molecule has 1 atom stereocenters. The number of hydrogen-bond donors (Lipinski definition) is 1. The molecule has 1 unspecified atom stereocenters. The fraction of sp³-hybridized carbons (Fsp3) is 0.571. The van der Waals surface area contributed by atoms with E-state index in [1.807, 2.05) is 24.8 Å². The molecule has 3 heteroatoms. The first-order valence-corrected chi connectivity index (χ1v) is 7.25. The number of rotatable bonds is 2. The molecule has 1 N–H and O–H groups in total. The van der Waals surface area contributed by atoms with Crippen LogP contribution in [0.1, 0.15) is 25.8 Å². The van der Waals surface area contributed by atoms with Crippen LogP contribution in [0.15, 0.2) is 18.2 Å². The van der Waals surface area contributed by atoms with E-state index in [1.165, 1.54) is 18.2 Å². The maximum atomic E-state index is 13.5. The predicted octanol–water partition coefficient (Wildman–Crippen LogP) is 4.08. The van der Waals surface area contributed by atoms with Gasteiger partial charge in [0.05, 0.1) is 0 Å². The molecule has 0 saturated carbocycles. The smallest absolute Gasteiger partial charge is 0.128 e. The minimum Gasteiger partial charge on any atom is -0.381 e. The van der Waals surface area contributed by atoms with Gasteiger partial charge < -0.3 is 5.32 Å². The first-order chi connectivity index (χ1) is 8.00. The van der Waals surface area contributed by atoms with Crippen LogP contribution in [0.25, 0.3) is 0 Å². The van der Waals surface area contributed by atoms with Gasteiger partial charge in [0.1, 0.15) is 5.82 Å². The lowest BCUT2D eigenvalue weighted by Crippen LogP contribution is -2.41. The van der Waals surface area contributed by atoms with Gasteiger partial charge in [0, 0.05) is 23.0 Å². The van der Waals surface area contributed by atoms with E-state index in [1.54, 1.807) is 6.07 Å². The lowest BCUT2D eigenvalue weighted by molar-refractivity contribution is 0.305. The van der Waals surface area contributed by atoms with Crippen molar-refractivity contribution in [2.24, 2.45) is 5.41 Å². The van der Waals surface area contributed by atoms with Crippen molar-refractivity contribution in [1.29, 1.82) is 0 Å². The van der Waals surface area contributed by atoms with E-state index in [9.17, 15) is 4.39 Å². The number of anilines is 1. The van der Waals surface area contributed by atoms with E-state index in [0.717, 1.165) is 17.0 Å². The van der Waals surface area contributed by atoms with Gasteiger partial charge in [-0.05, 0) is 36.6 Å². The summed E-state index contributed by atoms with van der Waals surface area (Å²) in [5.74, 6) is 2.20. The van der Waals surface area contributed by atoms with Gasteiger partial charge >= 0.3 is 0 Å². The van der Waals surface area contributed by atoms with Gasteiger partial charge in [-0.25, -0.2) is 4.39 Å². The van der Waals surface area contributed by atoms with Gasteiger partial charge in [0.25, 0.3) is 0 Å². The van der Waals surface area contributed by atoms with E-state index < -0.39 is 0 Å². The molecule has 0 aliphatic carbocycles. The van der Waals surface area contributed by atoms with Crippen molar-refractivity contribution < 1.29 is 4.39 Å². The molecule has 1 saturated heterocycles. The van der Waals surface area contributed by atoms with Crippen LogP contribution in [0.2, 0.25) is 0 Å². The Morgan fingerprint density at radius 1 is 1.41 bits per heavy atom. The van der Waals surface area contributed by atoms with E-state index in [2.05, 4.69) is 19.2 Å². The predicted molar refractivity (Wildman–Crippen MR) is 74.3 cm³/mol. The highest BCUT2D eigenvalue weighted by atomic mass is 32.2. The molecule has 0 spiro atoms. The third-order valence-electron chi connectivity index (χ3n) is 3.72. The minimum atomic E-state index is -0.128. The van der Waals surface area contributed by atoms with Gasteiger partial charge in [0.2, 0.25) is 0 Å². The van der Waals surface area contributed by atoms with Crippen molar-refractivity contribution in [3.63, 3.8) is 0 Å². The van der Waals surface area contributed by atoms with Crippen molar-refractivity contribution >= 4 is 17.4 Å². The Bertz CT molecular complexity index is 403. The summed E-state index contributed by atoms with van der Waals surface area (Å²) in [7, 11) is 0. The maximum absolute atomic E-state index is 13.5. The summed E-state index contributed by atoms with van der Waals surface area (Å²) in [6, 6.07) is 5.67. The van der Waals surface area contributed by atoms with E-state index in [-0.39, 0.29) is 11.2 Å². The normalized spacial score (nSPS) is 23.4. The van der Waals surface area contributed by atoms with Crippen LogP contribution < -0.4 is 5.32 Å². The third kappa shape index (κ3) is 2.76. The molecular formula is C14H20FNS. The van der Waals surface area contributed by atoms with Crippen molar-refractivity contribution in [2.75, 3.05) is 16.8 Å². The van der Waals surface area contributed by atoms with Crippen molar-refractivity contribution in [1.82, 2.24) is 0 Å².